The molecular weight excluding hydrogens is 477 g/mol. The molecule has 37 heavy (non-hydrogen) atoms. The van der Waals surface area contributed by atoms with Crippen LogP contribution in [0.4, 0.5) is 0 Å². The highest BCUT2D eigenvalue weighted by Crippen LogP contribution is 2.53. The normalized spacial score (nSPS) is 11.8. The zero-order valence-corrected chi connectivity index (χ0v) is 25.7. The SMILES string of the molecule is CCCCCCCCOP(=NCCc1ccccc1)(OCCCCCCCC)OCCCCCCCC. The van der Waals surface area contributed by atoms with Crippen molar-refractivity contribution in [1.82, 2.24) is 0 Å². The third-order valence-electron chi connectivity index (χ3n) is 6.77. The fourth-order valence-corrected chi connectivity index (χ4v) is 6.26. The summed E-state index contributed by atoms with van der Waals surface area (Å²) < 4.78 is 24.4. The largest absolute Gasteiger partial charge is 0.355 e. The van der Waals surface area contributed by atoms with E-state index in [1.165, 1.54) is 102 Å². The summed E-state index contributed by atoms with van der Waals surface area (Å²) in [5.74, 6) is 0. The van der Waals surface area contributed by atoms with Gasteiger partial charge in [0, 0.05) is 6.54 Å². The number of nitrogens with zero attached hydrogens (tertiary/aromatic N) is 1. The van der Waals surface area contributed by atoms with E-state index >= 15 is 0 Å². The second kappa shape index (κ2) is 25.6. The van der Waals surface area contributed by atoms with E-state index in [1.807, 2.05) is 0 Å². The van der Waals surface area contributed by atoms with Gasteiger partial charge in [-0.2, -0.15) is 0 Å². The number of hydrogen-bond acceptors (Lipinski definition) is 4. The van der Waals surface area contributed by atoms with E-state index in [0.717, 1.165) is 25.7 Å². The van der Waals surface area contributed by atoms with Crippen LogP contribution >= 0.6 is 7.74 Å². The average Bonchev–Trinajstić information content (AvgIpc) is 2.92. The summed E-state index contributed by atoms with van der Waals surface area (Å²) >= 11 is 0. The van der Waals surface area contributed by atoms with Crippen LogP contribution in [0.3, 0.4) is 0 Å². The van der Waals surface area contributed by atoms with Crippen molar-refractivity contribution in [2.75, 3.05) is 26.4 Å². The predicted molar refractivity (Wildman–Crippen MR) is 162 cm³/mol. The van der Waals surface area contributed by atoms with E-state index in [-0.39, 0.29) is 0 Å². The quantitative estimate of drug-likeness (QED) is 0.0827. The highest BCUT2D eigenvalue weighted by Gasteiger charge is 2.23. The van der Waals surface area contributed by atoms with Gasteiger partial charge in [-0.3, -0.25) is 0 Å². The Bertz CT molecular complexity index is 600. The van der Waals surface area contributed by atoms with Crippen molar-refractivity contribution in [2.24, 2.45) is 4.74 Å². The van der Waals surface area contributed by atoms with E-state index in [2.05, 4.69) is 51.1 Å². The lowest BCUT2D eigenvalue weighted by molar-refractivity contribution is 0.140. The molecule has 5 heteroatoms. The third kappa shape index (κ3) is 20.0. The fourth-order valence-electron chi connectivity index (χ4n) is 4.37. The summed E-state index contributed by atoms with van der Waals surface area (Å²) in [6.07, 6.45) is 23.3. The molecule has 0 atom stereocenters. The number of unbranched alkanes of at least 4 members (excludes halogenated alkanes) is 15. The lowest BCUT2D eigenvalue weighted by Crippen LogP contribution is -2.06. The average molecular weight is 538 g/mol. The van der Waals surface area contributed by atoms with Crippen LogP contribution in [-0.4, -0.2) is 26.4 Å². The Morgan fingerprint density at radius 3 is 1.30 bits per heavy atom. The Kier molecular flexibility index (Phi) is 23.8. The Balaban J connectivity index is 2.73. The Morgan fingerprint density at radius 2 is 0.892 bits per heavy atom. The van der Waals surface area contributed by atoms with Gasteiger partial charge in [-0.05, 0) is 31.2 Å². The van der Waals surface area contributed by atoms with Gasteiger partial charge in [-0.25, -0.2) is 4.74 Å². The van der Waals surface area contributed by atoms with Crippen molar-refractivity contribution in [1.29, 1.82) is 0 Å². The van der Waals surface area contributed by atoms with E-state index in [1.54, 1.807) is 0 Å². The molecule has 0 amide bonds. The Labute approximate surface area is 231 Å². The third-order valence-corrected chi connectivity index (χ3v) is 8.85. The molecule has 4 nitrogen and oxygen atoms in total. The first-order chi connectivity index (χ1) is 18.3. The van der Waals surface area contributed by atoms with E-state index < -0.39 is 7.74 Å². The smallest absolute Gasteiger partial charge is 0.303 e. The highest BCUT2D eigenvalue weighted by atomic mass is 31.2. The first kappa shape index (κ1) is 34.4. The number of rotatable bonds is 27. The van der Waals surface area contributed by atoms with Crippen molar-refractivity contribution in [3.8, 4) is 0 Å². The first-order valence-corrected chi connectivity index (χ1v) is 17.3. The van der Waals surface area contributed by atoms with Crippen molar-refractivity contribution < 1.29 is 13.6 Å². The summed E-state index contributed by atoms with van der Waals surface area (Å²) in [7, 11) is -2.69. The van der Waals surface area contributed by atoms with Gasteiger partial charge in [0.2, 0.25) is 0 Å². The van der Waals surface area contributed by atoms with Crippen molar-refractivity contribution in [3.05, 3.63) is 35.9 Å². The molecule has 0 radical (unpaired) electrons. The molecule has 0 saturated heterocycles. The molecule has 0 aliphatic rings. The van der Waals surface area contributed by atoms with Gasteiger partial charge >= 0.3 is 7.74 Å². The van der Waals surface area contributed by atoms with Crippen LogP contribution < -0.4 is 0 Å². The standard InChI is InChI=1S/C32H60NO3P/c1-4-7-10-13-16-22-29-34-37(35-30-23-17-14-11-8-5-2,36-31-24-18-15-12-9-6-3)33-28-27-32-25-20-19-21-26-32/h19-21,25-26H,4-18,22-24,27-31H2,1-3H3. The maximum Gasteiger partial charge on any atom is 0.355 e. The van der Waals surface area contributed by atoms with Crippen molar-refractivity contribution in [2.45, 2.75) is 143 Å². The number of hydrogen-bond donors (Lipinski definition) is 0. The highest BCUT2D eigenvalue weighted by molar-refractivity contribution is 7.51. The molecule has 0 fully saturated rings. The van der Waals surface area contributed by atoms with Crippen molar-refractivity contribution in [3.63, 3.8) is 0 Å². The van der Waals surface area contributed by atoms with Gasteiger partial charge in [-0.1, -0.05) is 147 Å². The minimum absolute atomic E-state index is 0.682. The summed E-state index contributed by atoms with van der Waals surface area (Å²) in [6.45, 7) is 9.52. The lowest BCUT2D eigenvalue weighted by atomic mass is 10.1. The van der Waals surface area contributed by atoms with E-state index in [9.17, 15) is 0 Å². The van der Waals surface area contributed by atoms with E-state index in [0.29, 0.717) is 26.4 Å². The summed E-state index contributed by atoms with van der Waals surface area (Å²) in [4.78, 5) is 0. The Hall–Kier alpha value is -0.670. The molecule has 0 aliphatic heterocycles. The predicted octanol–water partition coefficient (Wildman–Crippen LogP) is 11.3. The number of benzene rings is 1. The second-order valence-corrected chi connectivity index (χ2v) is 12.4. The molecule has 1 aromatic rings. The summed E-state index contributed by atoms with van der Waals surface area (Å²) in [5.41, 5.74) is 1.30. The van der Waals surface area contributed by atoms with Gasteiger partial charge in [0.25, 0.3) is 0 Å². The Morgan fingerprint density at radius 1 is 0.514 bits per heavy atom. The van der Waals surface area contributed by atoms with Crippen molar-refractivity contribution >= 4 is 7.74 Å². The molecule has 0 unspecified atom stereocenters. The molecule has 0 saturated carbocycles. The maximum absolute atomic E-state index is 6.46. The zero-order chi connectivity index (χ0) is 26.7. The lowest BCUT2D eigenvalue weighted by Gasteiger charge is -2.24. The molecule has 0 aromatic heterocycles. The molecule has 0 spiro atoms. The maximum atomic E-state index is 6.46. The molecule has 0 heterocycles. The van der Waals surface area contributed by atoms with Gasteiger partial charge in [-0.15, -0.1) is 0 Å². The zero-order valence-electron chi connectivity index (χ0n) is 24.8. The molecule has 0 N–H and O–H groups in total. The molecular formula is C32H60NO3P. The summed E-state index contributed by atoms with van der Waals surface area (Å²) in [5, 5.41) is 0. The summed E-state index contributed by atoms with van der Waals surface area (Å²) in [6, 6.07) is 10.6. The van der Waals surface area contributed by atoms with Crippen LogP contribution in [0.5, 0.6) is 0 Å². The molecule has 0 bridgehead atoms. The van der Waals surface area contributed by atoms with Crippen LogP contribution in [0.2, 0.25) is 0 Å². The molecule has 216 valence electrons. The first-order valence-electron chi connectivity index (χ1n) is 15.8. The van der Waals surface area contributed by atoms with Crippen LogP contribution in [0, 0.1) is 0 Å². The fraction of sp³-hybridized carbons (Fsp3) is 0.812. The van der Waals surface area contributed by atoms with Gasteiger partial charge < -0.3 is 13.6 Å². The topological polar surface area (TPSA) is 40.0 Å². The van der Waals surface area contributed by atoms with Gasteiger partial charge in [0.15, 0.2) is 0 Å². The molecule has 1 aromatic carbocycles. The van der Waals surface area contributed by atoms with Gasteiger partial charge in [0.05, 0.1) is 19.8 Å². The monoisotopic (exact) mass is 537 g/mol. The molecule has 0 aliphatic carbocycles. The van der Waals surface area contributed by atoms with Crippen LogP contribution in [0.25, 0.3) is 0 Å². The van der Waals surface area contributed by atoms with Crippen LogP contribution in [0.15, 0.2) is 35.1 Å². The van der Waals surface area contributed by atoms with E-state index in [4.69, 9.17) is 18.3 Å². The minimum Gasteiger partial charge on any atom is -0.303 e. The van der Waals surface area contributed by atoms with Crippen LogP contribution in [-0.2, 0) is 20.0 Å². The molecule has 1 rings (SSSR count). The van der Waals surface area contributed by atoms with Gasteiger partial charge in [0.1, 0.15) is 0 Å². The van der Waals surface area contributed by atoms with Crippen LogP contribution in [0.1, 0.15) is 142 Å². The second-order valence-electron chi connectivity index (χ2n) is 10.4. The minimum atomic E-state index is -2.69.